The molecule has 21 heavy (non-hydrogen) atoms. The molecule has 6 heteroatoms. The molecule has 112 valence electrons. The second kappa shape index (κ2) is 5.35. The Morgan fingerprint density at radius 2 is 2.00 bits per heavy atom. The van der Waals surface area contributed by atoms with Crippen LogP contribution in [0.5, 0.6) is 0 Å². The molecule has 2 N–H and O–H groups in total. The average Bonchev–Trinajstić information content (AvgIpc) is 2.81. The van der Waals surface area contributed by atoms with Gasteiger partial charge in [0.05, 0.1) is 5.69 Å². The molecule has 0 atom stereocenters. The average molecular weight is 286 g/mol. The summed E-state index contributed by atoms with van der Waals surface area (Å²) in [5.41, 5.74) is 3.87. The molecular formula is C15H22N6. The van der Waals surface area contributed by atoms with Gasteiger partial charge < -0.3 is 10.2 Å². The molecule has 0 unspecified atom stereocenters. The normalized spacial score (nSPS) is 16.4. The van der Waals surface area contributed by atoms with Gasteiger partial charge in [-0.05, 0) is 33.6 Å². The van der Waals surface area contributed by atoms with E-state index in [2.05, 4.69) is 43.9 Å². The number of allylic oxidation sites excluding steroid dienone is 1. The molecule has 3 rings (SSSR count). The van der Waals surface area contributed by atoms with E-state index < -0.39 is 0 Å². The number of aromatic nitrogens is 4. The Morgan fingerprint density at radius 3 is 2.67 bits per heavy atom. The number of hydrogen-bond acceptors (Lipinski definition) is 5. The van der Waals surface area contributed by atoms with Crippen LogP contribution in [0.25, 0.3) is 11.0 Å². The van der Waals surface area contributed by atoms with Crippen molar-refractivity contribution in [3.8, 4) is 0 Å². The van der Waals surface area contributed by atoms with Gasteiger partial charge in [-0.15, -0.1) is 0 Å². The first-order chi connectivity index (χ1) is 10.0. The number of nitrogens with one attached hydrogen (secondary N) is 2. The summed E-state index contributed by atoms with van der Waals surface area (Å²) in [6.07, 6.45) is 2.18. The highest BCUT2D eigenvalue weighted by atomic mass is 15.2. The van der Waals surface area contributed by atoms with E-state index in [9.17, 15) is 0 Å². The van der Waals surface area contributed by atoms with Crippen molar-refractivity contribution < 1.29 is 0 Å². The van der Waals surface area contributed by atoms with Gasteiger partial charge in [0.15, 0.2) is 5.82 Å². The van der Waals surface area contributed by atoms with Crippen LogP contribution in [0.15, 0.2) is 12.3 Å². The van der Waals surface area contributed by atoms with Crippen molar-refractivity contribution in [2.45, 2.75) is 39.7 Å². The van der Waals surface area contributed by atoms with Crippen molar-refractivity contribution in [1.29, 1.82) is 0 Å². The number of hydrogen-bond donors (Lipinski definition) is 2. The zero-order valence-corrected chi connectivity index (χ0v) is 12.9. The Labute approximate surface area is 124 Å². The number of nitrogens with zero attached hydrogens (tertiary/aromatic N) is 4. The molecule has 1 saturated heterocycles. The van der Waals surface area contributed by atoms with Crippen LogP contribution >= 0.6 is 0 Å². The monoisotopic (exact) mass is 286 g/mol. The molecule has 0 spiro atoms. The largest absolute Gasteiger partial charge is 0.375 e. The standard InChI is InChI=1S/C15H22N6/c1-9(2)21-7-5-12(6-8-21)18-15-14-13(10(3)19-20-14)16-11(4)17-15/h12H,1,5-8H2,2-4H3,(H,19,20)(H,16,17,18). The van der Waals surface area contributed by atoms with Crippen molar-refractivity contribution >= 4 is 16.9 Å². The Balaban J connectivity index is 1.78. The van der Waals surface area contributed by atoms with Gasteiger partial charge in [0.1, 0.15) is 16.9 Å². The number of fused-ring (bicyclic) bond motifs is 1. The van der Waals surface area contributed by atoms with Gasteiger partial charge >= 0.3 is 0 Å². The zero-order valence-electron chi connectivity index (χ0n) is 12.9. The summed E-state index contributed by atoms with van der Waals surface area (Å²) in [6, 6.07) is 0.432. The van der Waals surface area contributed by atoms with E-state index in [0.29, 0.717) is 6.04 Å². The lowest BCUT2D eigenvalue weighted by molar-refractivity contribution is 0.273. The number of rotatable bonds is 3. The van der Waals surface area contributed by atoms with Gasteiger partial charge in [-0.25, -0.2) is 9.97 Å². The predicted molar refractivity (Wildman–Crippen MR) is 84.2 cm³/mol. The lowest BCUT2D eigenvalue weighted by atomic mass is 10.0. The lowest BCUT2D eigenvalue weighted by Crippen LogP contribution is -2.38. The van der Waals surface area contributed by atoms with E-state index in [1.54, 1.807) is 0 Å². The van der Waals surface area contributed by atoms with Crippen LogP contribution in [-0.2, 0) is 0 Å². The molecule has 6 nitrogen and oxygen atoms in total. The Morgan fingerprint density at radius 1 is 1.29 bits per heavy atom. The summed E-state index contributed by atoms with van der Waals surface area (Å²) in [4.78, 5) is 11.3. The van der Waals surface area contributed by atoms with Gasteiger partial charge in [0.25, 0.3) is 0 Å². The maximum absolute atomic E-state index is 4.54. The minimum Gasteiger partial charge on any atom is -0.375 e. The quantitative estimate of drug-likeness (QED) is 0.906. The molecule has 1 aliphatic rings. The van der Waals surface area contributed by atoms with Crippen molar-refractivity contribution in [3.05, 3.63) is 23.8 Å². The minimum absolute atomic E-state index is 0.432. The number of piperidine rings is 1. The summed E-state index contributed by atoms with van der Waals surface area (Å²) in [5.74, 6) is 1.64. The molecule has 0 saturated carbocycles. The molecule has 1 aliphatic heterocycles. The topological polar surface area (TPSA) is 69.7 Å². The van der Waals surface area contributed by atoms with Crippen LogP contribution in [0.3, 0.4) is 0 Å². The predicted octanol–water partition coefficient (Wildman–Crippen LogP) is 2.38. The van der Waals surface area contributed by atoms with Crippen molar-refractivity contribution in [2.75, 3.05) is 18.4 Å². The van der Waals surface area contributed by atoms with Gasteiger partial charge in [-0.2, -0.15) is 5.10 Å². The fraction of sp³-hybridized carbons (Fsp3) is 0.533. The summed E-state index contributed by atoms with van der Waals surface area (Å²) >= 11 is 0. The first-order valence-electron chi connectivity index (χ1n) is 7.41. The van der Waals surface area contributed by atoms with E-state index in [-0.39, 0.29) is 0 Å². The Hall–Kier alpha value is -2.11. The minimum atomic E-state index is 0.432. The van der Waals surface area contributed by atoms with E-state index in [4.69, 9.17) is 0 Å². The smallest absolute Gasteiger partial charge is 0.156 e. The SMILES string of the molecule is C=C(C)N1CCC(Nc2nc(C)nc3c(C)n[nH]c23)CC1. The Bertz CT molecular complexity index is 666. The van der Waals surface area contributed by atoms with Gasteiger partial charge in [-0.3, -0.25) is 5.10 Å². The first-order valence-corrected chi connectivity index (χ1v) is 7.41. The molecule has 0 amide bonds. The molecular weight excluding hydrogens is 264 g/mol. The fourth-order valence-corrected chi connectivity index (χ4v) is 2.84. The number of aryl methyl sites for hydroxylation is 2. The van der Waals surface area contributed by atoms with Gasteiger partial charge in [0.2, 0.25) is 0 Å². The number of likely N-dealkylation sites (tertiary alicyclic amines) is 1. The number of aromatic amines is 1. The van der Waals surface area contributed by atoms with E-state index in [0.717, 1.165) is 60.0 Å². The van der Waals surface area contributed by atoms with Crippen LogP contribution < -0.4 is 5.32 Å². The van der Waals surface area contributed by atoms with E-state index in [1.807, 2.05) is 13.8 Å². The number of H-pyrrole nitrogens is 1. The van der Waals surface area contributed by atoms with Crippen LogP contribution in [0.1, 0.15) is 31.3 Å². The third kappa shape index (κ3) is 2.70. The summed E-state index contributed by atoms with van der Waals surface area (Å²) < 4.78 is 0. The van der Waals surface area contributed by atoms with Crippen LogP contribution in [-0.4, -0.2) is 44.2 Å². The zero-order chi connectivity index (χ0) is 15.0. The molecule has 0 aliphatic carbocycles. The molecule has 0 aromatic carbocycles. The van der Waals surface area contributed by atoms with Crippen molar-refractivity contribution in [2.24, 2.45) is 0 Å². The van der Waals surface area contributed by atoms with E-state index in [1.165, 1.54) is 0 Å². The van der Waals surface area contributed by atoms with Crippen molar-refractivity contribution in [1.82, 2.24) is 25.1 Å². The molecule has 0 bridgehead atoms. The maximum atomic E-state index is 4.54. The van der Waals surface area contributed by atoms with Gasteiger partial charge in [0, 0.05) is 24.8 Å². The Kier molecular flexibility index (Phi) is 3.53. The van der Waals surface area contributed by atoms with Crippen LogP contribution in [0, 0.1) is 13.8 Å². The third-order valence-corrected chi connectivity index (χ3v) is 4.07. The van der Waals surface area contributed by atoms with Gasteiger partial charge in [-0.1, -0.05) is 6.58 Å². The second-order valence-electron chi connectivity index (χ2n) is 5.79. The number of anilines is 1. The second-order valence-corrected chi connectivity index (χ2v) is 5.79. The molecule has 2 aromatic rings. The lowest BCUT2D eigenvalue weighted by Gasteiger charge is -2.34. The summed E-state index contributed by atoms with van der Waals surface area (Å²) in [6.45, 7) is 12.0. The third-order valence-electron chi connectivity index (χ3n) is 4.07. The summed E-state index contributed by atoms with van der Waals surface area (Å²) in [5, 5.41) is 10.8. The first kappa shape index (κ1) is 13.9. The summed E-state index contributed by atoms with van der Waals surface area (Å²) in [7, 11) is 0. The van der Waals surface area contributed by atoms with Crippen LogP contribution in [0.4, 0.5) is 5.82 Å². The molecule has 2 aromatic heterocycles. The molecule has 1 fully saturated rings. The highest BCUT2D eigenvalue weighted by Crippen LogP contribution is 2.23. The fourth-order valence-electron chi connectivity index (χ4n) is 2.84. The highest BCUT2D eigenvalue weighted by molar-refractivity contribution is 5.86. The van der Waals surface area contributed by atoms with Crippen LogP contribution in [0.2, 0.25) is 0 Å². The molecule has 3 heterocycles. The highest BCUT2D eigenvalue weighted by Gasteiger charge is 2.20. The van der Waals surface area contributed by atoms with E-state index >= 15 is 0 Å². The molecule has 0 radical (unpaired) electrons. The maximum Gasteiger partial charge on any atom is 0.156 e. The van der Waals surface area contributed by atoms with Crippen molar-refractivity contribution in [3.63, 3.8) is 0 Å².